The summed E-state index contributed by atoms with van der Waals surface area (Å²) < 4.78 is 0. The maximum Gasteiger partial charge on any atom is 0.335 e. The van der Waals surface area contributed by atoms with Gasteiger partial charge in [-0.3, -0.25) is 0 Å². The molecule has 0 aliphatic rings. The molecule has 0 saturated heterocycles. The molecule has 2 amide bonds. The number of nitrogens with one attached hydrogen (secondary N) is 1. The van der Waals surface area contributed by atoms with Crippen LogP contribution in [-0.4, -0.2) is 28.6 Å². The van der Waals surface area contributed by atoms with E-state index < -0.39 is 5.97 Å². The quantitative estimate of drug-likeness (QED) is 0.800. The molecule has 0 atom stereocenters. The van der Waals surface area contributed by atoms with Gasteiger partial charge in [-0.25, -0.2) is 9.59 Å². The van der Waals surface area contributed by atoms with Gasteiger partial charge in [0.25, 0.3) is 0 Å². The van der Waals surface area contributed by atoms with Crippen LogP contribution in [0.1, 0.15) is 35.7 Å². The Morgan fingerprint density at radius 3 is 2.29 bits per heavy atom. The minimum absolute atomic E-state index is 0.185. The van der Waals surface area contributed by atoms with Crippen LogP contribution in [0.15, 0.2) is 54.6 Å². The van der Waals surface area contributed by atoms with E-state index >= 15 is 0 Å². The first-order chi connectivity index (χ1) is 11.6. The van der Waals surface area contributed by atoms with Gasteiger partial charge >= 0.3 is 12.0 Å². The van der Waals surface area contributed by atoms with Gasteiger partial charge in [0.1, 0.15) is 0 Å². The van der Waals surface area contributed by atoms with Gasteiger partial charge < -0.3 is 15.3 Å². The van der Waals surface area contributed by atoms with Gasteiger partial charge in [-0.2, -0.15) is 0 Å². The largest absolute Gasteiger partial charge is 0.478 e. The fourth-order valence-corrected chi connectivity index (χ4v) is 2.30. The highest BCUT2D eigenvalue weighted by molar-refractivity contribution is 5.91. The molecular formula is C19H22N2O3. The molecule has 0 saturated carbocycles. The van der Waals surface area contributed by atoms with Crippen molar-refractivity contribution in [2.24, 2.45) is 0 Å². The third-order valence-electron chi connectivity index (χ3n) is 3.67. The van der Waals surface area contributed by atoms with Crippen LogP contribution in [0.2, 0.25) is 0 Å². The number of hydrogen-bond acceptors (Lipinski definition) is 2. The molecule has 2 aromatic rings. The van der Waals surface area contributed by atoms with Crippen molar-refractivity contribution >= 4 is 17.7 Å². The van der Waals surface area contributed by atoms with Crippen molar-refractivity contribution in [3.8, 4) is 0 Å². The maximum atomic E-state index is 12.5. The summed E-state index contributed by atoms with van der Waals surface area (Å²) >= 11 is 0. The Bertz CT molecular complexity index is 669. The molecule has 0 aromatic heterocycles. The molecule has 2 rings (SSSR count). The van der Waals surface area contributed by atoms with Crippen molar-refractivity contribution in [3.63, 3.8) is 0 Å². The smallest absolute Gasteiger partial charge is 0.335 e. The molecular weight excluding hydrogens is 304 g/mol. The predicted octanol–water partition coefficient (Wildman–Crippen LogP) is 4.22. The van der Waals surface area contributed by atoms with Crippen molar-refractivity contribution < 1.29 is 14.7 Å². The number of carbonyl (C=O) groups excluding carboxylic acids is 1. The Hall–Kier alpha value is -2.82. The first-order valence-corrected chi connectivity index (χ1v) is 8.03. The second-order valence-electron chi connectivity index (χ2n) is 5.57. The zero-order chi connectivity index (χ0) is 17.4. The molecule has 0 aliphatic heterocycles. The molecule has 0 fully saturated rings. The molecule has 24 heavy (non-hydrogen) atoms. The van der Waals surface area contributed by atoms with Gasteiger partial charge in [-0.15, -0.1) is 0 Å². The van der Waals surface area contributed by atoms with E-state index in [1.54, 1.807) is 17.0 Å². The van der Waals surface area contributed by atoms with Crippen molar-refractivity contribution in [2.45, 2.75) is 26.3 Å². The van der Waals surface area contributed by atoms with Crippen LogP contribution in [0.3, 0.4) is 0 Å². The number of urea groups is 1. The molecule has 0 unspecified atom stereocenters. The molecule has 2 aromatic carbocycles. The summed E-state index contributed by atoms with van der Waals surface area (Å²) in [6.45, 7) is 3.30. The summed E-state index contributed by atoms with van der Waals surface area (Å²) in [5.74, 6) is -0.985. The van der Waals surface area contributed by atoms with Crippen LogP contribution >= 0.6 is 0 Å². The topological polar surface area (TPSA) is 69.6 Å². The van der Waals surface area contributed by atoms with Crippen LogP contribution in [0, 0.1) is 0 Å². The number of anilines is 1. The van der Waals surface area contributed by atoms with E-state index in [-0.39, 0.29) is 11.6 Å². The Labute approximate surface area is 141 Å². The summed E-state index contributed by atoms with van der Waals surface area (Å²) in [5, 5.41) is 11.7. The molecule has 0 spiro atoms. The molecule has 0 heterocycles. The monoisotopic (exact) mass is 326 g/mol. The van der Waals surface area contributed by atoms with Crippen molar-refractivity contribution in [1.29, 1.82) is 0 Å². The highest BCUT2D eigenvalue weighted by Crippen LogP contribution is 2.13. The first-order valence-electron chi connectivity index (χ1n) is 8.03. The number of aromatic carboxylic acids is 1. The van der Waals surface area contributed by atoms with E-state index in [1.807, 2.05) is 30.3 Å². The third-order valence-corrected chi connectivity index (χ3v) is 3.67. The Morgan fingerprint density at radius 2 is 1.71 bits per heavy atom. The predicted molar refractivity (Wildman–Crippen MR) is 94.2 cm³/mol. The number of benzene rings is 2. The molecule has 5 heteroatoms. The Kier molecular flexibility index (Phi) is 6.37. The van der Waals surface area contributed by atoms with Gasteiger partial charge in [0.2, 0.25) is 0 Å². The lowest BCUT2D eigenvalue weighted by atomic mass is 10.2. The minimum Gasteiger partial charge on any atom is -0.478 e. The fraction of sp³-hybridized carbons (Fsp3) is 0.263. The number of carboxylic acid groups (broad SMARTS) is 1. The number of nitrogens with zero attached hydrogens (tertiary/aromatic N) is 1. The first kappa shape index (κ1) is 17.5. The van der Waals surface area contributed by atoms with E-state index in [9.17, 15) is 9.59 Å². The standard InChI is InChI=1S/C19H22N2O3/c1-2-3-13-21(14-15-7-5-4-6-8-15)19(24)20-17-11-9-16(10-12-17)18(22)23/h4-12H,2-3,13-14H2,1H3,(H,20,24)(H,22,23). The number of hydrogen-bond donors (Lipinski definition) is 2. The van der Waals surface area contributed by atoms with E-state index in [1.165, 1.54) is 12.1 Å². The van der Waals surface area contributed by atoms with E-state index in [2.05, 4.69) is 12.2 Å². The zero-order valence-electron chi connectivity index (χ0n) is 13.7. The van der Waals surface area contributed by atoms with Gasteiger partial charge in [0.15, 0.2) is 0 Å². The third kappa shape index (κ3) is 5.12. The number of carboxylic acids is 1. The summed E-state index contributed by atoms with van der Waals surface area (Å²) in [5.41, 5.74) is 1.85. The molecule has 0 aliphatic carbocycles. The van der Waals surface area contributed by atoms with Crippen molar-refractivity contribution in [1.82, 2.24) is 4.90 Å². The van der Waals surface area contributed by atoms with Gasteiger partial charge in [-0.1, -0.05) is 43.7 Å². The Balaban J connectivity index is 2.04. The zero-order valence-corrected chi connectivity index (χ0v) is 13.7. The average molecular weight is 326 g/mol. The second-order valence-corrected chi connectivity index (χ2v) is 5.57. The maximum absolute atomic E-state index is 12.5. The number of carbonyl (C=O) groups is 2. The van der Waals surface area contributed by atoms with Crippen LogP contribution in [0.5, 0.6) is 0 Å². The van der Waals surface area contributed by atoms with Crippen molar-refractivity contribution in [3.05, 3.63) is 65.7 Å². The lowest BCUT2D eigenvalue weighted by Crippen LogP contribution is -2.35. The summed E-state index contributed by atoms with van der Waals surface area (Å²) in [4.78, 5) is 25.2. The molecule has 0 bridgehead atoms. The van der Waals surface area contributed by atoms with E-state index in [0.29, 0.717) is 18.8 Å². The number of amides is 2. The number of unbranched alkanes of at least 4 members (excludes halogenated alkanes) is 1. The van der Waals surface area contributed by atoms with Crippen LogP contribution in [-0.2, 0) is 6.54 Å². The van der Waals surface area contributed by atoms with Gasteiger partial charge in [-0.05, 0) is 36.2 Å². The highest BCUT2D eigenvalue weighted by atomic mass is 16.4. The number of rotatable bonds is 7. The summed E-state index contributed by atoms with van der Waals surface area (Å²) in [6, 6.07) is 15.8. The highest BCUT2D eigenvalue weighted by Gasteiger charge is 2.14. The van der Waals surface area contributed by atoms with Crippen LogP contribution in [0.25, 0.3) is 0 Å². The molecule has 126 valence electrons. The minimum atomic E-state index is -0.985. The van der Waals surface area contributed by atoms with Gasteiger partial charge in [0, 0.05) is 18.8 Å². The second kappa shape index (κ2) is 8.72. The van der Waals surface area contributed by atoms with E-state index in [4.69, 9.17) is 5.11 Å². The van der Waals surface area contributed by atoms with Crippen LogP contribution < -0.4 is 5.32 Å². The molecule has 2 N–H and O–H groups in total. The summed E-state index contributed by atoms with van der Waals surface area (Å²) in [6.07, 6.45) is 1.93. The molecule has 0 radical (unpaired) electrons. The fourth-order valence-electron chi connectivity index (χ4n) is 2.30. The van der Waals surface area contributed by atoms with Gasteiger partial charge in [0.05, 0.1) is 5.56 Å². The normalized spacial score (nSPS) is 10.2. The SMILES string of the molecule is CCCCN(Cc1ccccc1)C(=O)Nc1ccc(C(=O)O)cc1. The lowest BCUT2D eigenvalue weighted by molar-refractivity contribution is 0.0697. The molecule has 5 nitrogen and oxygen atoms in total. The van der Waals surface area contributed by atoms with E-state index in [0.717, 1.165) is 18.4 Å². The summed E-state index contributed by atoms with van der Waals surface area (Å²) in [7, 11) is 0. The average Bonchev–Trinajstić information content (AvgIpc) is 2.60. The van der Waals surface area contributed by atoms with Crippen molar-refractivity contribution in [2.75, 3.05) is 11.9 Å². The lowest BCUT2D eigenvalue weighted by Gasteiger charge is -2.23. The Morgan fingerprint density at radius 1 is 1.04 bits per heavy atom. The van der Waals surface area contributed by atoms with Crippen LogP contribution in [0.4, 0.5) is 10.5 Å².